The molecule has 0 bridgehead atoms. The fourth-order valence-corrected chi connectivity index (χ4v) is 1.95. The maximum atomic E-state index is 5.36. The molecule has 1 aromatic carbocycles. The van der Waals surface area contributed by atoms with E-state index in [0.717, 1.165) is 17.1 Å². The van der Waals surface area contributed by atoms with E-state index in [-0.39, 0.29) is 12.8 Å². The van der Waals surface area contributed by atoms with Gasteiger partial charge in [-0.1, -0.05) is 6.07 Å². The van der Waals surface area contributed by atoms with Crippen LogP contribution in [0.25, 0.3) is 0 Å². The monoisotopic (exact) mass is 287 g/mol. The number of nitrogens with one attached hydrogen (secondary N) is 2. The van der Waals surface area contributed by atoms with Crippen LogP contribution in [0.5, 0.6) is 11.5 Å². The highest BCUT2D eigenvalue weighted by atomic mass is 16.7. The van der Waals surface area contributed by atoms with Gasteiger partial charge in [-0.05, 0) is 31.5 Å². The van der Waals surface area contributed by atoms with E-state index in [0.29, 0.717) is 18.3 Å². The van der Waals surface area contributed by atoms with Crippen molar-refractivity contribution in [2.75, 3.05) is 17.4 Å². The molecule has 2 N–H and O–H groups in total. The number of aromatic nitrogens is 3. The Morgan fingerprint density at radius 3 is 2.95 bits per heavy atom. The van der Waals surface area contributed by atoms with Gasteiger partial charge in [-0.15, -0.1) is 5.10 Å². The Bertz CT molecular complexity index is 633. The Hall–Kier alpha value is -2.57. The van der Waals surface area contributed by atoms with Gasteiger partial charge in [0.15, 0.2) is 17.3 Å². The maximum Gasteiger partial charge on any atom is 0.244 e. The Kier molecular flexibility index (Phi) is 3.72. The summed E-state index contributed by atoms with van der Waals surface area (Å²) in [5.41, 5.74) is 1.08. The number of hydrogen-bond donors (Lipinski definition) is 2. The lowest BCUT2D eigenvalue weighted by Crippen LogP contribution is -2.14. The predicted octanol–water partition coefficient (Wildman–Crippen LogP) is 2.03. The van der Waals surface area contributed by atoms with Gasteiger partial charge in [-0.3, -0.25) is 0 Å². The second-order valence-corrected chi connectivity index (χ2v) is 5.01. The molecule has 0 fully saturated rings. The van der Waals surface area contributed by atoms with E-state index in [1.807, 2.05) is 32.0 Å². The summed E-state index contributed by atoms with van der Waals surface area (Å²) in [7, 11) is 0. The fourth-order valence-electron chi connectivity index (χ4n) is 1.95. The van der Waals surface area contributed by atoms with E-state index in [1.165, 1.54) is 0 Å². The summed E-state index contributed by atoms with van der Waals surface area (Å²) in [4.78, 5) is 4.35. The fraction of sp³-hybridized carbons (Fsp3) is 0.357. The van der Waals surface area contributed by atoms with Gasteiger partial charge in [-0.25, -0.2) is 0 Å². The lowest BCUT2D eigenvalue weighted by Gasteiger charge is -2.09. The molecular weight excluding hydrogens is 270 g/mol. The first kappa shape index (κ1) is 13.4. The zero-order valence-corrected chi connectivity index (χ0v) is 12.0. The second-order valence-electron chi connectivity index (χ2n) is 5.01. The van der Waals surface area contributed by atoms with Gasteiger partial charge in [0, 0.05) is 12.6 Å². The van der Waals surface area contributed by atoms with Crippen LogP contribution in [0, 0.1) is 0 Å². The zero-order chi connectivity index (χ0) is 14.7. The molecule has 2 aromatic rings. The molecule has 0 amide bonds. The summed E-state index contributed by atoms with van der Waals surface area (Å²) < 4.78 is 10.6. The summed E-state index contributed by atoms with van der Waals surface area (Å²) in [5.74, 6) is 2.75. The van der Waals surface area contributed by atoms with Crippen molar-refractivity contribution in [1.29, 1.82) is 0 Å². The van der Waals surface area contributed by atoms with Gasteiger partial charge < -0.3 is 20.1 Å². The quantitative estimate of drug-likeness (QED) is 0.870. The minimum Gasteiger partial charge on any atom is -0.454 e. The van der Waals surface area contributed by atoms with Crippen LogP contribution < -0.4 is 20.1 Å². The first-order chi connectivity index (χ1) is 10.2. The van der Waals surface area contributed by atoms with Crippen LogP contribution in [0.3, 0.4) is 0 Å². The topological polar surface area (TPSA) is 81.2 Å². The molecule has 21 heavy (non-hydrogen) atoms. The Morgan fingerprint density at radius 2 is 2.10 bits per heavy atom. The van der Waals surface area contributed by atoms with E-state index in [1.54, 1.807) is 6.20 Å². The minimum absolute atomic E-state index is 0.260. The molecule has 0 aliphatic carbocycles. The molecule has 0 saturated carbocycles. The lowest BCUT2D eigenvalue weighted by atomic mass is 10.2. The minimum atomic E-state index is 0.260. The van der Waals surface area contributed by atoms with Crippen LogP contribution in [0.2, 0.25) is 0 Å². The Morgan fingerprint density at radius 1 is 1.24 bits per heavy atom. The summed E-state index contributed by atoms with van der Waals surface area (Å²) in [5, 5.41) is 14.2. The van der Waals surface area contributed by atoms with Crippen LogP contribution in [-0.2, 0) is 6.54 Å². The first-order valence-corrected chi connectivity index (χ1v) is 6.79. The highest BCUT2D eigenvalue weighted by molar-refractivity contribution is 5.46. The molecule has 0 radical (unpaired) electrons. The standard InChI is InChI=1S/C14H17N5O2/c1-9(2)17-14-18-13(7-16-19-14)15-6-10-3-4-11-12(5-10)21-8-20-11/h3-5,7,9H,6,8H2,1-2H3,(H2,15,17,18,19). The van der Waals surface area contributed by atoms with Gasteiger partial charge in [0.1, 0.15) is 0 Å². The number of nitrogens with zero attached hydrogens (tertiary/aromatic N) is 3. The number of hydrogen-bond acceptors (Lipinski definition) is 7. The normalized spacial score (nSPS) is 12.5. The number of fused-ring (bicyclic) bond motifs is 1. The van der Waals surface area contributed by atoms with Crippen LogP contribution >= 0.6 is 0 Å². The molecule has 7 nitrogen and oxygen atoms in total. The van der Waals surface area contributed by atoms with Crippen LogP contribution in [-0.4, -0.2) is 28.0 Å². The van der Waals surface area contributed by atoms with E-state index in [9.17, 15) is 0 Å². The second kappa shape index (κ2) is 5.82. The van der Waals surface area contributed by atoms with E-state index >= 15 is 0 Å². The van der Waals surface area contributed by atoms with Crippen molar-refractivity contribution in [1.82, 2.24) is 15.2 Å². The average molecular weight is 287 g/mol. The van der Waals surface area contributed by atoms with E-state index in [4.69, 9.17) is 9.47 Å². The number of benzene rings is 1. The average Bonchev–Trinajstić information content (AvgIpc) is 2.92. The zero-order valence-electron chi connectivity index (χ0n) is 12.0. The van der Waals surface area contributed by atoms with Crippen LogP contribution in [0.15, 0.2) is 24.4 Å². The number of rotatable bonds is 5. The third-order valence-electron chi connectivity index (χ3n) is 2.89. The SMILES string of the molecule is CC(C)Nc1nncc(NCc2ccc3c(c2)OCO3)n1. The third kappa shape index (κ3) is 3.31. The highest BCUT2D eigenvalue weighted by Gasteiger charge is 2.13. The van der Waals surface area contributed by atoms with Gasteiger partial charge >= 0.3 is 0 Å². The smallest absolute Gasteiger partial charge is 0.244 e. The molecular formula is C14H17N5O2. The van der Waals surface area contributed by atoms with Crippen molar-refractivity contribution in [2.24, 2.45) is 0 Å². The number of ether oxygens (including phenoxy) is 2. The maximum absolute atomic E-state index is 5.36. The molecule has 3 rings (SSSR count). The molecule has 110 valence electrons. The van der Waals surface area contributed by atoms with Crippen molar-refractivity contribution in [3.63, 3.8) is 0 Å². The highest BCUT2D eigenvalue weighted by Crippen LogP contribution is 2.32. The molecule has 0 spiro atoms. The molecule has 0 atom stereocenters. The summed E-state index contributed by atoms with van der Waals surface area (Å²) in [6.07, 6.45) is 1.60. The predicted molar refractivity (Wildman–Crippen MR) is 78.5 cm³/mol. The van der Waals surface area contributed by atoms with Crippen molar-refractivity contribution in [3.05, 3.63) is 30.0 Å². The van der Waals surface area contributed by atoms with Crippen LogP contribution in [0.4, 0.5) is 11.8 Å². The third-order valence-corrected chi connectivity index (χ3v) is 2.89. The van der Waals surface area contributed by atoms with Crippen molar-refractivity contribution in [2.45, 2.75) is 26.4 Å². The summed E-state index contributed by atoms with van der Waals surface area (Å²) in [6, 6.07) is 6.11. The molecule has 1 aliphatic heterocycles. The molecule has 2 heterocycles. The van der Waals surface area contributed by atoms with E-state index in [2.05, 4.69) is 25.8 Å². The first-order valence-electron chi connectivity index (χ1n) is 6.79. The van der Waals surface area contributed by atoms with Gasteiger partial charge in [-0.2, -0.15) is 10.1 Å². The molecule has 7 heteroatoms. The lowest BCUT2D eigenvalue weighted by molar-refractivity contribution is 0.174. The van der Waals surface area contributed by atoms with Gasteiger partial charge in [0.2, 0.25) is 12.7 Å². The number of anilines is 2. The molecule has 0 unspecified atom stereocenters. The van der Waals surface area contributed by atoms with Gasteiger partial charge in [0.25, 0.3) is 0 Å². The van der Waals surface area contributed by atoms with Crippen LogP contribution in [0.1, 0.15) is 19.4 Å². The molecule has 1 aliphatic rings. The Labute approximate surface area is 122 Å². The van der Waals surface area contributed by atoms with Crippen molar-refractivity contribution in [3.8, 4) is 11.5 Å². The van der Waals surface area contributed by atoms with Gasteiger partial charge in [0.05, 0.1) is 6.20 Å². The summed E-state index contributed by atoms with van der Waals surface area (Å²) in [6.45, 7) is 4.95. The largest absolute Gasteiger partial charge is 0.454 e. The van der Waals surface area contributed by atoms with E-state index < -0.39 is 0 Å². The Balaban J connectivity index is 1.64. The molecule has 1 aromatic heterocycles. The van der Waals surface area contributed by atoms with Crippen molar-refractivity contribution < 1.29 is 9.47 Å². The molecule has 0 saturated heterocycles. The summed E-state index contributed by atoms with van der Waals surface area (Å²) >= 11 is 0. The van der Waals surface area contributed by atoms with Crippen molar-refractivity contribution >= 4 is 11.8 Å².